The lowest BCUT2D eigenvalue weighted by molar-refractivity contribution is 0.632. The maximum absolute atomic E-state index is 4.48. The fourth-order valence-electron chi connectivity index (χ4n) is 4.05. The highest BCUT2D eigenvalue weighted by Gasteiger charge is 2.36. The van der Waals surface area contributed by atoms with Crippen LogP contribution in [0.1, 0.15) is 25.0 Å². The number of nitrogens with zero attached hydrogens (tertiary/aromatic N) is 3. The smallest absolute Gasteiger partial charge is 0.179 e. The van der Waals surface area contributed by atoms with Gasteiger partial charge in [-0.15, -0.1) is 0 Å². The first-order chi connectivity index (χ1) is 13.6. The molecule has 0 aliphatic carbocycles. The van der Waals surface area contributed by atoms with Crippen molar-refractivity contribution in [2.24, 2.45) is 0 Å². The molecule has 1 aliphatic heterocycles. The van der Waals surface area contributed by atoms with E-state index in [0.29, 0.717) is 0 Å². The third kappa shape index (κ3) is 2.69. The minimum Gasteiger partial charge on any atom is -0.310 e. The van der Waals surface area contributed by atoms with Gasteiger partial charge < -0.3 is 4.90 Å². The molecule has 3 nitrogen and oxygen atoms in total. The second kappa shape index (κ2) is 6.54. The van der Waals surface area contributed by atoms with Crippen LogP contribution in [0.2, 0.25) is 0 Å². The normalized spacial score (nSPS) is 14.5. The number of fused-ring (bicyclic) bond motifs is 2. The Morgan fingerprint density at radius 1 is 0.857 bits per heavy atom. The van der Waals surface area contributed by atoms with E-state index in [-0.39, 0.29) is 5.41 Å². The van der Waals surface area contributed by atoms with Crippen LogP contribution >= 0.6 is 27.5 Å². The third-order valence-electron chi connectivity index (χ3n) is 5.40. The van der Waals surface area contributed by atoms with E-state index in [1.54, 1.807) is 0 Å². The Morgan fingerprint density at radius 3 is 2.11 bits per heavy atom. The fourth-order valence-corrected chi connectivity index (χ4v) is 4.87. The monoisotopic (exact) mass is 447 g/mol. The molecule has 1 aliphatic rings. The molecule has 2 heterocycles. The van der Waals surface area contributed by atoms with E-state index in [4.69, 9.17) is 0 Å². The quantitative estimate of drug-likeness (QED) is 0.328. The number of benzene rings is 3. The zero-order valence-corrected chi connectivity index (χ0v) is 18.0. The molecule has 28 heavy (non-hydrogen) atoms. The number of halogens is 1. The number of aromatic nitrogens is 2. The summed E-state index contributed by atoms with van der Waals surface area (Å²) < 4.78 is 5.24. The van der Waals surface area contributed by atoms with Crippen LogP contribution in [0.5, 0.6) is 0 Å². The van der Waals surface area contributed by atoms with Crippen LogP contribution in [0.4, 0.5) is 17.1 Å². The van der Waals surface area contributed by atoms with Crippen LogP contribution in [0.25, 0.3) is 11.4 Å². The molecule has 5 heteroatoms. The molecule has 0 N–H and O–H groups in total. The Labute approximate surface area is 177 Å². The van der Waals surface area contributed by atoms with Crippen molar-refractivity contribution in [3.63, 3.8) is 0 Å². The van der Waals surface area contributed by atoms with Crippen molar-refractivity contribution in [1.82, 2.24) is 9.36 Å². The average Bonchev–Trinajstić information content (AvgIpc) is 3.15. The average molecular weight is 448 g/mol. The minimum atomic E-state index is -0.0529. The number of para-hydroxylation sites is 2. The van der Waals surface area contributed by atoms with E-state index in [1.165, 1.54) is 34.0 Å². The first-order valence-electron chi connectivity index (χ1n) is 9.14. The maximum atomic E-state index is 4.48. The summed E-state index contributed by atoms with van der Waals surface area (Å²) in [6, 6.07) is 25.8. The van der Waals surface area contributed by atoms with Crippen LogP contribution in [0.3, 0.4) is 0 Å². The summed E-state index contributed by atoms with van der Waals surface area (Å²) in [6.07, 6.45) is 0. The second-order valence-corrected chi connectivity index (χ2v) is 9.44. The van der Waals surface area contributed by atoms with Crippen molar-refractivity contribution in [2.75, 3.05) is 4.90 Å². The minimum absolute atomic E-state index is 0.0529. The summed E-state index contributed by atoms with van der Waals surface area (Å²) in [6.45, 7) is 4.60. The predicted octanol–water partition coefficient (Wildman–Crippen LogP) is 7.08. The molecule has 0 unspecified atom stereocenters. The van der Waals surface area contributed by atoms with Crippen molar-refractivity contribution in [1.29, 1.82) is 0 Å². The Kier molecular flexibility index (Phi) is 4.11. The Hall–Kier alpha value is -2.50. The molecule has 138 valence electrons. The summed E-state index contributed by atoms with van der Waals surface area (Å²) in [5.74, 6) is 0.748. The summed E-state index contributed by atoms with van der Waals surface area (Å²) in [4.78, 5) is 6.83. The van der Waals surface area contributed by atoms with Crippen LogP contribution in [0.15, 0.2) is 76.7 Å². The molecular weight excluding hydrogens is 430 g/mol. The van der Waals surface area contributed by atoms with Crippen LogP contribution in [-0.4, -0.2) is 9.36 Å². The highest BCUT2D eigenvalue weighted by atomic mass is 79.9. The molecule has 0 bridgehead atoms. The van der Waals surface area contributed by atoms with Crippen LogP contribution in [0, 0.1) is 0 Å². The van der Waals surface area contributed by atoms with Crippen molar-refractivity contribution < 1.29 is 0 Å². The first-order valence-corrected chi connectivity index (χ1v) is 10.7. The van der Waals surface area contributed by atoms with Gasteiger partial charge in [0.2, 0.25) is 0 Å². The molecule has 4 aromatic rings. The molecule has 0 radical (unpaired) electrons. The molecule has 0 saturated carbocycles. The van der Waals surface area contributed by atoms with Crippen molar-refractivity contribution in [3.05, 3.63) is 87.8 Å². The molecule has 0 spiro atoms. The van der Waals surface area contributed by atoms with Gasteiger partial charge in [-0.3, -0.25) is 0 Å². The van der Waals surface area contributed by atoms with Gasteiger partial charge in [0, 0.05) is 16.7 Å². The first kappa shape index (κ1) is 17.6. The van der Waals surface area contributed by atoms with E-state index >= 15 is 0 Å². The lowest BCUT2D eigenvalue weighted by Gasteiger charge is -2.42. The number of anilines is 3. The lowest BCUT2D eigenvalue weighted by atomic mass is 9.73. The molecule has 0 amide bonds. The van der Waals surface area contributed by atoms with Crippen molar-refractivity contribution in [3.8, 4) is 11.4 Å². The van der Waals surface area contributed by atoms with E-state index in [9.17, 15) is 0 Å². The number of hydrogen-bond donors (Lipinski definition) is 0. The van der Waals surface area contributed by atoms with E-state index in [1.807, 2.05) is 0 Å². The Balaban J connectivity index is 1.73. The zero-order valence-electron chi connectivity index (χ0n) is 15.6. The van der Waals surface area contributed by atoms with Gasteiger partial charge in [-0.05, 0) is 62.9 Å². The van der Waals surface area contributed by atoms with Gasteiger partial charge in [-0.1, -0.05) is 62.4 Å². The van der Waals surface area contributed by atoms with Gasteiger partial charge in [-0.2, -0.15) is 4.37 Å². The molecule has 1 aromatic heterocycles. The van der Waals surface area contributed by atoms with E-state index < -0.39 is 0 Å². The second-order valence-electron chi connectivity index (χ2n) is 7.42. The van der Waals surface area contributed by atoms with Crippen molar-refractivity contribution in [2.45, 2.75) is 19.3 Å². The molecule has 0 fully saturated rings. The van der Waals surface area contributed by atoms with Crippen LogP contribution < -0.4 is 4.90 Å². The van der Waals surface area contributed by atoms with Gasteiger partial charge in [-0.25, -0.2) is 4.98 Å². The summed E-state index contributed by atoms with van der Waals surface area (Å²) in [5, 5.41) is 0. The number of hydrogen-bond acceptors (Lipinski definition) is 4. The Bertz CT molecular complexity index is 1130. The highest BCUT2D eigenvalue weighted by molar-refractivity contribution is 9.11. The van der Waals surface area contributed by atoms with E-state index in [2.05, 4.69) is 117 Å². The van der Waals surface area contributed by atoms with Gasteiger partial charge >= 0.3 is 0 Å². The fraction of sp³-hybridized carbons (Fsp3) is 0.130. The van der Waals surface area contributed by atoms with Crippen LogP contribution in [-0.2, 0) is 5.41 Å². The van der Waals surface area contributed by atoms with Crippen molar-refractivity contribution >= 4 is 44.5 Å². The largest absolute Gasteiger partial charge is 0.310 e. The topological polar surface area (TPSA) is 29.0 Å². The molecule has 0 saturated heterocycles. The van der Waals surface area contributed by atoms with Gasteiger partial charge in [0.15, 0.2) is 9.74 Å². The molecular formula is C23H18BrN3S. The maximum Gasteiger partial charge on any atom is 0.179 e. The summed E-state index contributed by atoms with van der Waals surface area (Å²) >= 11 is 4.77. The predicted molar refractivity (Wildman–Crippen MR) is 120 cm³/mol. The Morgan fingerprint density at radius 2 is 1.50 bits per heavy atom. The summed E-state index contributed by atoms with van der Waals surface area (Å²) in [7, 11) is 0. The highest BCUT2D eigenvalue weighted by Crippen LogP contribution is 2.51. The zero-order chi connectivity index (χ0) is 19.3. The molecule has 5 rings (SSSR count). The third-order valence-corrected chi connectivity index (χ3v) is 6.52. The summed E-state index contributed by atoms with van der Waals surface area (Å²) in [5.41, 5.74) is 7.16. The molecule has 3 aromatic carbocycles. The van der Waals surface area contributed by atoms with Gasteiger partial charge in [0.05, 0.1) is 11.4 Å². The lowest BCUT2D eigenvalue weighted by Crippen LogP contribution is -2.30. The van der Waals surface area contributed by atoms with Gasteiger partial charge in [0.25, 0.3) is 0 Å². The van der Waals surface area contributed by atoms with E-state index in [0.717, 1.165) is 21.0 Å². The molecule has 0 atom stereocenters. The number of rotatable bonds is 2. The SMILES string of the molecule is CC1(C)c2ccccc2N(c2cccc(-c3nsc(Br)n3)c2)c2ccccc21. The van der Waals surface area contributed by atoms with Gasteiger partial charge in [0.1, 0.15) is 0 Å². The standard InChI is InChI=1S/C23H18BrN3S/c1-23(2)17-10-3-5-12-19(17)27(20-13-6-4-11-18(20)23)16-9-7-8-15(14-16)21-25-22(24)28-26-21/h3-14H,1-2H3.